The van der Waals surface area contributed by atoms with Crippen molar-refractivity contribution >= 4 is 35.0 Å². The zero-order valence-electron chi connectivity index (χ0n) is 15.6. The van der Waals surface area contributed by atoms with Crippen LogP contribution in [0.2, 0.25) is 0 Å². The normalized spacial score (nSPS) is 11.5. The second kappa shape index (κ2) is 11.3. The van der Waals surface area contributed by atoms with Crippen molar-refractivity contribution in [3.63, 3.8) is 0 Å². The summed E-state index contributed by atoms with van der Waals surface area (Å²) in [6, 6.07) is 8.85. The molecule has 1 heterocycles. The van der Waals surface area contributed by atoms with Crippen LogP contribution in [0, 0.1) is 5.82 Å². The topological polar surface area (TPSA) is 89.6 Å². The molecule has 150 valence electrons. The standard InChI is InChI=1S/C19H22FN3O4S/c1-13(28-12-17(24)22-15-7-5-14(20)6-8-15)18(25)23-16-4-3-9-21-19(16)27-11-10-26-2/h3-9,13H,10-12H2,1-2H3,(H,22,24)(H,23,25). The van der Waals surface area contributed by atoms with Crippen LogP contribution in [-0.4, -0.2) is 48.1 Å². The number of pyridine rings is 1. The molecule has 2 amide bonds. The van der Waals surface area contributed by atoms with E-state index >= 15 is 0 Å². The van der Waals surface area contributed by atoms with Crippen molar-refractivity contribution < 1.29 is 23.5 Å². The first-order valence-electron chi connectivity index (χ1n) is 8.54. The molecule has 0 saturated heterocycles. The van der Waals surface area contributed by atoms with E-state index in [9.17, 15) is 14.0 Å². The average Bonchev–Trinajstić information content (AvgIpc) is 2.69. The first-order chi connectivity index (χ1) is 13.5. The third-order valence-corrected chi connectivity index (χ3v) is 4.66. The number of hydrogen-bond donors (Lipinski definition) is 2. The molecule has 0 aliphatic carbocycles. The van der Waals surface area contributed by atoms with Crippen LogP contribution in [0.5, 0.6) is 5.88 Å². The Morgan fingerprint density at radius 2 is 1.93 bits per heavy atom. The molecule has 1 atom stereocenters. The number of thioether (sulfide) groups is 1. The number of carbonyl (C=O) groups is 2. The molecule has 0 bridgehead atoms. The summed E-state index contributed by atoms with van der Waals surface area (Å²) in [5.74, 6) is -0.542. The molecule has 0 saturated carbocycles. The highest BCUT2D eigenvalue weighted by molar-refractivity contribution is 8.01. The molecular formula is C19H22FN3O4S. The van der Waals surface area contributed by atoms with E-state index < -0.39 is 5.25 Å². The van der Waals surface area contributed by atoms with Crippen molar-refractivity contribution in [1.82, 2.24) is 4.98 Å². The third kappa shape index (κ3) is 7.16. The number of rotatable bonds is 10. The predicted octanol–water partition coefficient (Wildman–Crippen LogP) is 2.94. The van der Waals surface area contributed by atoms with E-state index in [-0.39, 0.29) is 23.4 Å². The maximum absolute atomic E-state index is 12.9. The van der Waals surface area contributed by atoms with Crippen LogP contribution < -0.4 is 15.4 Å². The van der Waals surface area contributed by atoms with Crippen LogP contribution in [0.4, 0.5) is 15.8 Å². The van der Waals surface area contributed by atoms with Gasteiger partial charge in [-0.05, 0) is 43.3 Å². The molecule has 1 unspecified atom stereocenters. The number of benzene rings is 1. The number of aromatic nitrogens is 1. The van der Waals surface area contributed by atoms with Gasteiger partial charge in [0.2, 0.25) is 17.7 Å². The van der Waals surface area contributed by atoms with Crippen molar-refractivity contribution in [3.05, 3.63) is 48.4 Å². The van der Waals surface area contributed by atoms with E-state index in [4.69, 9.17) is 9.47 Å². The maximum atomic E-state index is 12.9. The van der Waals surface area contributed by atoms with Gasteiger partial charge < -0.3 is 20.1 Å². The Bertz CT molecular complexity index is 789. The van der Waals surface area contributed by atoms with Gasteiger partial charge in [-0.25, -0.2) is 9.37 Å². The van der Waals surface area contributed by atoms with E-state index in [0.29, 0.717) is 30.5 Å². The zero-order valence-corrected chi connectivity index (χ0v) is 16.4. The Kier molecular flexibility index (Phi) is 8.70. The third-order valence-electron chi connectivity index (χ3n) is 3.52. The van der Waals surface area contributed by atoms with E-state index in [1.165, 1.54) is 36.0 Å². The summed E-state index contributed by atoms with van der Waals surface area (Å²) in [4.78, 5) is 28.5. The highest BCUT2D eigenvalue weighted by atomic mass is 32.2. The average molecular weight is 407 g/mol. The summed E-state index contributed by atoms with van der Waals surface area (Å²) in [6.07, 6.45) is 1.57. The molecule has 0 fully saturated rings. The number of hydrogen-bond acceptors (Lipinski definition) is 6. The first kappa shape index (κ1) is 21.6. The molecule has 9 heteroatoms. The molecule has 0 radical (unpaired) electrons. The van der Waals surface area contributed by atoms with E-state index in [0.717, 1.165) is 0 Å². The summed E-state index contributed by atoms with van der Waals surface area (Å²) in [7, 11) is 1.57. The van der Waals surface area contributed by atoms with E-state index in [1.54, 1.807) is 32.4 Å². The van der Waals surface area contributed by atoms with Gasteiger partial charge in [0.1, 0.15) is 18.1 Å². The largest absolute Gasteiger partial charge is 0.474 e. The molecule has 1 aromatic carbocycles. The summed E-state index contributed by atoms with van der Waals surface area (Å²) >= 11 is 1.18. The lowest BCUT2D eigenvalue weighted by Gasteiger charge is -2.14. The van der Waals surface area contributed by atoms with Gasteiger partial charge in [-0.15, -0.1) is 11.8 Å². The molecule has 7 nitrogen and oxygen atoms in total. The van der Waals surface area contributed by atoms with Crippen LogP contribution in [0.1, 0.15) is 6.92 Å². The lowest BCUT2D eigenvalue weighted by Crippen LogP contribution is -2.25. The second-order valence-electron chi connectivity index (χ2n) is 5.69. The van der Waals surface area contributed by atoms with Gasteiger partial charge in [0.25, 0.3) is 0 Å². The Morgan fingerprint density at radius 1 is 1.18 bits per heavy atom. The van der Waals surface area contributed by atoms with Crippen molar-refractivity contribution in [2.24, 2.45) is 0 Å². The van der Waals surface area contributed by atoms with Crippen molar-refractivity contribution in [3.8, 4) is 5.88 Å². The summed E-state index contributed by atoms with van der Waals surface area (Å²) < 4.78 is 23.3. The molecule has 0 aliphatic heterocycles. The minimum Gasteiger partial charge on any atom is -0.474 e. The van der Waals surface area contributed by atoms with Crippen LogP contribution in [0.25, 0.3) is 0 Å². The second-order valence-corrected chi connectivity index (χ2v) is 7.02. The van der Waals surface area contributed by atoms with Crippen LogP contribution in [0.3, 0.4) is 0 Å². The molecule has 2 N–H and O–H groups in total. The molecule has 28 heavy (non-hydrogen) atoms. The Hall–Kier alpha value is -2.65. The lowest BCUT2D eigenvalue weighted by atomic mass is 10.3. The first-order valence-corrected chi connectivity index (χ1v) is 9.59. The van der Waals surface area contributed by atoms with Gasteiger partial charge >= 0.3 is 0 Å². The summed E-state index contributed by atoms with van der Waals surface area (Å²) in [6.45, 7) is 2.41. The number of nitrogens with zero attached hydrogens (tertiary/aromatic N) is 1. The molecule has 1 aromatic heterocycles. The number of ether oxygens (including phenoxy) is 2. The lowest BCUT2D eigenvalue weighted by molar-refractivity contribution is -0.115. The van der Waals surface area contributed by atoms with Gasteiger partial charge in [-0.1, -0.05) is 0 Å². The number of halogens is 1. The van der Waals surface area contributed by atoms with Crippen molar-refractivity contribution in [2.45, 2.75) is 12.2 Å². The fraction of sp³-hybridized carbons (Fsp3) is 0.316. The van der Waals surface area contributed by atoms with Crippen molar-refractivity contribution in [2.75, 3.05) is 36.7 Å². The molecule has 0 aliphatic rings. The maximum Gasteiger partial charge on any atom is 0.237 e. The number of carbonyl (C=O) groups excluding carboxylic acids is 2. The number of anilines is 2. The molecule has 2 rings (SSSR count). The number of amides is 2. The van der Waals surface area contributed by atoms with Crippen LogP contribution >= 0.6 is 11.8 Å². The summed E-state index contributed by atoms with van der Waals surface area (Å²) in [5, 5.41) is 4.93. The van der Waals surface area contributed by atoms with Gasteiger partial charge in [-0.3, -0.25) is 9.59 Å². The van der Waals surface area contributed by atoms with Gasteiger partial charge in [-0.2, -0.15) is 0 Å². The van der Waals surface area contributed by atoms with Gasteiger partial charge in [0.15, 0.2) is 0 Å². The van der Waals surface area contributed by atoms with E-state index in [2.05, 4.69) is 15.6 Å². The smallest absolute Gasteiger partial charge is 0.237 e. The molecule has 0 spiro atoms. The molecular weight excluding hydrogens is 385 g/mol. The van der Waals surface area contributed by atoms with Crippen LogP contribution in [-0.2, 0) is 14.3 Å². The highest BCUT2D eigenvalue weighted by Crippen LogP contribution is 2.22. The highest BCUT2D eigenvalue weighted by Gasteiger charge is 2.17. The monoisotopic (exact) mass is 407 g/mol. The Balaban J connectivity index is 1.82. The van der Waals surface area contributed by atoms with Crippen molar-refractivity contribution in [1.29, 1.82) is 0 Å². The SMILES string of the molecule is COCCOc1ncccc1NC(=O)C(C)SCC(=O)Nc1ccc(F)cc1. The quantitative estimate of drug-likeness (QED) is 0.589. The molecule has 2 aromatic rings. The van der Waals surface area contributed by atoms with Crippen LogP contribution in [0.15, 0.2) is 42.6 Å². The fourth-order valence-electron chi connectivity index (χ4n) is 2.06. The number of methoxy groups -OCH3 is 1. The summed E-state index contributed by atoms with van der Waals surface area (Å²) in [5.41, 5.74) is 0.948. The van der Waals surface area contributed by atoms with Gasteiger partial charge in [0, 0.05) is 19.0 Å². The predicted molar refractivity (Wildman–Crippen MR) is 107 cm³/mol. The number of nitrogens with one attached hydrogen (secondary N) is 2. The Morgan fingerprint density at radius 3 is 2.64 bits per heavy atom. The Labute approximate surface area is 167 Å². The van der Waals surface area contributed by atoms with E-state index in [1.807, 2.05) is 0 Å². The minimum absolute atomic E-state index is 0.0796. The zero-order chi connectivity index (χ0) is 20.4. The van der Waals surface area contributed by atoms with Gasteiger partial charge in [0.05, 0.1) is 17.6 Å². The minimum atomic E-state index is -0.481. The fourth-order valence-corrected chi connectivity index (χ4v) is 2.75.